The van der Waals surface area contributed by atoms with Crippen LogP contribution in [-0.2, 0) is 11.2 Å². The number of phenols is 2. The van der Waals surface area contributed by atoms with Crippen LogP contribution in [0.3, 0.4) is 0 Å². The highest BCUT2D eigenvalue weighted by Gasteiger charge is 2.06. The summed E-state index contributed by atoms with van der Waals surface area (Å²) in [6.07, 6.45) is 2.19. The molecule has 3 N–H and O–H groups in total. The highest BCUT2D eigenvalue weighted by atomic mass is 79.9. The van der Waals surface area contributed by atoms with E-state index in [1.54, 1.807) is 6.07 Å². The number of aryl methyl sites for hydroxylation is 1. The van der Waals surface area contributed by atoms with E-state index in [1.807, 2.05) is 12.1 Å². The van der Waals surface area contributed by atoms with Crippen molar-refractivity contribution in [3.63, 3.8) is 0 Å². The maximum Gasteiger partial charge on any atom is 0.277 e. The van der Waals surface area contributed by atoms with Crippen LogP contribution in [0.1, 0.15) is 18.1 Å². The lowest BCUT2D eigenvalue weighted by Crippen LogP contribution is -2.24. The molecular formula is C17H17BrN2O4. The van der Waals surface area contributed by atoms with Gasteiger partial charge in [-0.3, -0.25) is 4.79 Å². The Morgan fingerprint density at radius 1 is 1.29 bits per heavy atom. The second-order valence-electron chi connectivity index (χ2n) is 4.94. The van der Waals surface area contributed by atoms with Crippen LogP contribution in [0.2, 0.25) is 0 Å². The van der Waals surface area contributed by atoms with Crippen molar-refractivity contribution in [1.29, 1.82) is 0 Å². The third-order valence-corrected chi connectivity index (χ3v) is 3.79. The van der Waals surface area contributed by atoms with Crippen molar-refractivity contribution >= 4 is 28.1 Å². The Labute approximate surface area is 147 Å². The Morgan fingerprint density at radius 3 is 2.75 bits per heavy atom. The van der Waals surface area contributed by atoms with Crippen LogP contribution in [0.5, 0.6) is 17.2 Å². The van der Waals surface area contributed by atoms with E-state index >= 15 is 0 Å². The Hall–Kier alpha value is -2.54. The van der Waals surface area contributed by atoms with E-state index in [2.05, 4.69) is 33.4 Å². The summed E-state index contributed by atoms with van der Waals surface area (Å²) >= 11 is 3.40. The number of amides is 1. The number of benzene rings is 2. The normalized spacial score (nSPS) is 10.8. The molecular weight excluding hydrogens is 376 g/mol. The van der Waals surface area contributed by atoms with Crippen molar-refractivity contribution < 1.29 is 19.7 Å². The molecule has 0 aliphatic carbocycles. The van der Waals surface area contributed by atoms with Gasteiger partial charge in [0.25, 0.3) is 5.91 Å². The first kappa shape index (κ1) is 17.8. The molecule has 6 nitrogen and oxygen atoms in total. The number of aromatic hydroxyl groups is 2. The first-order chi connectivity index (χ1) is 11.5. The zero-order valence-corrected chi connectivity index (χ0v) is 14.6. The first-order valence-corrected chi connectivity index (χ1v) is 8.04. The number of carbonyl (C=O) groups excluding carboxylic acids is 1. The van der Waals surface area contributed by atoms with E-state index in [9.17, 15) is 15.0 Å². The second-order valence-corrected chi connectivity index (χ2v) is 5.80. The van der Waals surface area contributed by atoms with Gasteiger partial charge in [0.2, 0.25) is 0 Å². The minimum absolute atomic E-state index is 0.0539. The van der Waals surface area contributed by atoms with E-state index in [0.717, 1.165) is 16.5 Å². The summed E-state index contributed by atoms with van der Waals surface area (Å²) in [6.45, 7) is 1.86. The summed E-state index contributed by atoms with van der Waals surface area (Å²) in [6, 6.07) is 9.74. The zero-order chi connectivity index (χ0) is 17.5. The molecule has 0 aromatic heterocycles. The van der Waals surface area contributed by atoms with Crippen LogP contribution < -0.4 is 10.2 Å². The van der Waals surface area contributed by atoms with Crippen LogP contribution >= 0.6 is 15.9 Å². The van der Waals surface area contributed by atoms with Gasteiger partial charge in [-0.05, 0) is 52.2 Å². The standard InChI is InChI=1S/C17H17BrN2O4/c1-2-11-3-6-16(14(18)7-11)24-10-17(23)20-19-9-12-4-5-13(21)8-15(12)22/h3-9,21-22H,2,10H2,1H3,(H,20,23)/b19-9+. The Balaban J connectivity index is 1.86. The van der Waals surface area contributed by atoms with Gasteiger partial charge in [-0.25, -0.2) is 5.43 Å². The van der Waals surface area contributed by atoms with Crippen molar-refractivity contribution in [2.24, 2.45) is 5.10 Å². The summed E-state index contributed by atoms with van der Waals surface area (Å²) in [7, 11) is 0. The van der Waals surface area contributed by atoms with Crippen LogP contribution in [0.4, 0.5) is 0 Å². The van der Waals surface area contributed by atoms with Gasteiger partial charge in [-0.15, -0.1) is 0 Å². The highest BCUT2D eigenvalue weighted by Crippen LogP contribution is 2.26. The van der Waals surface area contributed by atoms with Gasteiger partial charge in [0.1, 0.15) is 17.2 Å². The molecule has 0 saturated carbocycles. The van der Waals surface area contributed by atoms with Crippen molar-refractivity contribution in [1.82, 2.24) is 5.43 Å². The van der Waals surface area contributed by atoms with Gasteiger partial charge >= 0.3 is 0 Å². The number of ether oxygens (including phenoxy) is 1. The Bertz CT molecular complexity index is 762. The van der Waals surface area contributed by atoms with Crippen LogP contribution in [0.15, 0.2) is 46.0 Å². The number of nitrogens with one attached hydrogen (secondary N) is 1. The van der Waals surface area contributed by atoms with E-state index in [0.29, 0.717) is 11.3 Å². The summed E-state index contributed by atoms with van der Waals surface area (Å²) in [5, 5.41) is 22.5. The number of halogens is 1. The lowest BCUT2D eigenvalue weighted by atomic mass is 10.2. The molecule has 2 aromatic rings. The molecule has 2 rings (SSSR count). The fraction of sp³-hybridized carbons (Fsp3) is 0.176. The number of hydrazone groups is 1. The molecule has 2 aromatic carbocycles. The van der Waals surface area contributed by atoms with Gasteiger partial charge in [0, 0.05) is 11.6 Å². The number of carbonyl (C=O) groups is 1. The fourth-order valence-electron chi connectivity index (χ4n) is 1.87. The highest BCUT2D eigenvalue weighted by molar-refractivity contribution is 9.10. The number of hydrogen-bond donors (Lipinski definition) is 3. The summed E-state index contributed by atoms with van der Waals surface area (Å²) in [5.41, 5.74) is 3.83. The van der Waals surface area contributed by atoms with Gasteiger partial charge in [0.05, 0.1) is 10.7 Å². The molecule has 0 radical (unpaired) electrons. The van der Waals surface area contributed by atoms with E-state index < -0.39 is 5.91 Å². The van der Waals surface area contributed by atoms with Gasteiger partial charge in [-0.2, -0.15) is 5.10 Å². The molecule has 7 heteroatoms. The molecule has 0 spiro atoms. The van der Waals surface area contributed by atoms with Crippen molar-refractivity contribution in [2.75, 3.05) is 6.61 Å². The van der Waals surface area contributed by atoms with Crippen LogP contribution in [0, 0.1) is 0 Å². The fourth-order valence-corrected chi connectivity index (χ4v) is 2.41. The topological polar surface area (TPSA) is 91.2 Å². The maximum absolute atomic E-state index is 11.7. The van der Waals surface area contributed by atoms with Gasteiger partial charge in [-0.1, -0.05) is 13.0 Å². The molecule has 0 unspecified atom stereocenters. The molecule has 0 saturated heterocycles. The van der Waals surface area contributed by atoms with Gasteiger partial charge in [0.15, 0.2) is 6.61 Å². The first-order valence-electron chi connectivity index (χ1n) is 7.24. The van der Waals surface area contributed by atoms with Crippen molar-refractivity contribution in [2.45, 2.75) is 13.3 Å². The summed E-state index contributed by atoms with van der Waals surface area (Å²) in [5.74, 6) is -0.0514. The van der Waals surface area contributed by atoms with Crippen LogP contribution in [-0.4, -0.2) is 28.9 Å². The molecule has 0 atom stereocenters. The zero-order valence-electron chi connectivity index (χ0n) is 13.0. The van der Waals surface area contributed by atoms with E-state index in [-0.39, 0.29) is 18.1 Å². The Morgan fingerprint density at radius 2 is 2.08 bits per heavy atom. The van der Waals surface area contributed by atoms with Crippen molar-refractivity contribution in [3.05, 3.63) is 52.0 Å². The van der Waals surface area contributed by atoms with Crippen molar-refractivity contribution in [3.8, 4) is 17.2 Å². The SMILES string of the molecule is CCc1ccc(OCC(=O)N/N=C/c2ccc(O)cc2O)c(Br)c1. The average molecular weight is 393 g/mol. The molecule has 0 bridgehead atoms. The van der Waals surface area contributed by atoms with Crippen LogP contribution in [0.25, 0.3) is 0 Å². The minimum atomic E-state index is -0.434. The predicted molar refractivity (Wildman–Crippen MR) is 94.5 cm³/mol. The molecule has 0 aliphatic heterocycles. The summed E-state index contributed by atoms with van der Waals surface area (Å²) < 4.78 is 6.21. The number of phenolic OH excluding ortho intramolecular Hbond substituents is 2. The quantitative estimate of drug-likeness (QED) is 0.520. The lowest BCUT2D eigenvalue weighted by molar-refractivity contribution is -0.123. The minimum Gasteiger partial charge on any atom is -0.508 e. The van der Waals surface area contributed by atoms with Gasteiger partial charge < -0.3 is 14.9 Å². The molecule has 0 fully saturated rings. The van der Waals surface area contributed by atoms with E-state index in [4.69, 9.17) is 4.74 Å². The smallest absolute Gasteiger partial charge is 0.277 e. The number of nitrogens with zero attached hydrogens (tertiary/aromatic N) is 1. The molecule has 0 heterocycles. The average Bonchev–Trinajstić information content (AvgIpc) is 2.55. The molecule has 24 heavy (non-hydrogen) atoms. The number of hydrogen-bond acceptors (Lipinski definition) is 5. The third kappa shape index (κ3) is 4.99. The molecule has 0 aliphatic rings. The number of rotatable bonds is 6. The largest absolute Gasteiger partial charge is 0.508 e. The Kier molecular flexibility index (Phi) is 6.20. The third-order valence-electron chi connectivity index (χ3n) is 3.17. The predicted octanol–water partition coefficient (Wildman–Crippen LogP) is 2.95. The monoisotopic (exact) mass is 392 g/mol. The molecule has 1 amide bonds. The lowest BCUT2D eigenvalue weighted by Gasteiger charge is -2.08. The second kappa shape index (κ2) is 8.35. The summed E-state index contributed by atoms with van der Waals surface area (Å²) in [4.78, 5) is 11.7. The van der Waals surface area contributed by atoms with E-state index in [1.165, 1.54) is 24.4 Å². The maximum atomic E-state index is 11.7. The molecule has 126 valence electrons.